The number of hydrogen-bond acceptors (Lipinski definition) is 4. The highest BCUT2D eigenvalue weighted by Gasteiger charge is 2.19. The molecule has 0 bridgehead atoms. The minimum atomic E-state index is -0.851. The van der Waals surface area contributed by atoms with Gasteiger partial charge in [-0.15, -0.1) is 0 Å². The lowest BCUT2D eigenvalue weighted by molar-refractivity contribution is -0.129. The van der Waals surface area contributed by atoms with Gasteiger partial charge in [0, 0.05) is 6.54 Å². The minimum absolute atomic E-state index is 0.305. The number of amides is 1. The summed E-state index contributed by atoms with van der Waals surface area (Å²) in [7, 11) is 0. The number of halogens is 1. The highest BCUT2D eigenvalue weighted by molar-refractivity contribution is 6.31. The Morgan fingerprint density at radius 2 is 1.81 bits per heavy atom. The fraction of sp³-hybridized carbons (Fsp3) is 0.421. The second kappa shape index (κ2) is 8.36. The number of carbonyl (C=O) groups is 2. The van der Waals surface area contributed by atoms with Crippen molar-refractivity contribution in [1.29, 1.82) is 0 Å². The molecule has 1 unspecified atom stereocenters. The van der Waals surface area contributed by atoms with Crippen molar-refractivity contribution >= 4 is 23.5 Å². The quantitative estimate of drug-likeness (QED) is 0.782. The summed E-state index contributed by atoms with van der Waals surface area (Å²) in [6, 6.07) is 6.80. The summed E-state index contributed by atoms with van der Waals surface area (Å²) in [5.41, 5.74) is 2.73. The highest BCUT2D eigenvalue weighted by atomic mass is 35.5. The molecule has 1 atom stereocenters. The van der Waals surface area contributed by atoms with E-state index in [-0.39, 0.29) is 5.91 Å². The van der Waals surface area contributed by atoms with Crippen molar-refractivity contribution in [3.05, 3.63) is 46.2 Å². The van der Waals surface area contributed by atoms with E-state index >= 15 is 0 Å². The van der Waals surface area contributed by atoms with Crippen molar-refractivity contribution in [3.8, 4) is 5.69 Å². The first-order chi connectivity index (χ1) is 12.2. The molecule has 2 rings (SSSR count). The zero-order valence-electron chi connectivity index (χ0n) is 15.7. The third kappa shape index (κ3) is 4.64. The maximum atomic E-state index is 12.2. The summed E-state index contributed by atoms with van der Waals surface area (Å²) in [4.78, 5) is 24.1. The molecule has 26 heavy (non-hydrogen) atoms. The highest BCUT2D eigenvalue weighted by Crippen LogP contribution is 2.22. The maximum Gasteiger partial charge on any atom is 0.338 e. The van der Waals surface area contributed by atoms with Crippen LogP contribution in [0.5, 0.6) is 0 Å². The first kappa shape index (κ1) is 20.0. The molecule has 0 aliphatic heterocycles. The number of rotatable bonds is 6. The van der Waals surface area contributed by atoms with Gasteiger partial charge in [-0.2, -0.15) is 5.10 Å². The summed E-state index contributed by atoms with van der Waals surface area (Å²) in [5.74, 6) is -0.520. The number of hydrogen-bond donors (Lipinski definition) is 1. The molecular weight excluding hydrogens is 354 g/mol. The molecule has 1 amide bonds. The number of ether oxygens (including phenoxy) is 1. The summed E-state index contributed by atoms with van der Waals surface area (Å²) in [6.07, 6.45) is -0.851. The smallest absolute Gasteiger partial charge is 0.338 e. The molecule has 0 aliphatic rings. The standard InChI is InChI=1S/C19H24ClN3O3/c1-11(2)10-21-18(24)14(5)26-19(25)15-6-8-16(9-7-15)23-13(4)17(20)12(3)22-23/h6-9,11,14H,10H2,1-5H3,(H,21,24). The van der Waals surface area contributed by atoms with E-state index in [0.717, 1.165) is 17.1 Å². The molecule has 0 saturated carbocycles. The molecule has 140 valence electrons. The summed E-state index contributed by atoms with van der Waals surface area (Å²) in [6.45, 7) is 9.80. The van der Waals surface area contributed by atoms with Crippen molar-refractivity contribution in [2.45, 2.75) is 40.7 Å². The molecule has 1 N–H and O–H groups in total. The molecule has 6 nitrogen and oxygen atoms in total. The Labute approximate surface area is 158 Å². The predicted octanol–water partition coefficient (Wildman–Crippen LogP) is 3.46. The summed E-state index contributed by atoms with van der Waals surface area (Å²) >= 11 is 6.17. The number of aromatic nitrogens is 2. The zero-order chi connectivity index (χ0) is 19.4. The Hall–Kier alpha value is -2.34. The molecule has 7 heteroatoms. The summed E-state index contributed by atoms with van der Waals surface area (Å²) < 4.78 is 6.95. The Morgan fingerprint density at radius 1 is 1.19 bits per heavy atom. The average molecular weight is 378 g/mol. The lowest BCUT2D eigenvalue weighted by Gasteiger charge is -2.14. The third-order valence-electron chi connectivity index (χ3n) is 3.89. The number of aryl methyl sites for hydroxylation is 1. The van der Waals surface area contributed by atoms with E-state index < -0.39 is 12.1 Å². The lowest BCUT2D eigenvalue weighted by atomic mass is 10.2. The average Bonchev–Trinajstić information content (AvgIpc) is 2.87. The molecular formula is C19H24ClN3O3. The first-order valence-electron chi connectivity index (χ1n) is 8.51. The van der Waals surface area contributed by atoms with E-state index in [9.17, 15) is 9.59 Å². The van der Waals surface area contributed by atoms with Crippen molar-refractivity contribution in [2.75, 3.05) is 6.54 Å². The van der Waals surface area contributed by atoms with Gasteiger partial charge in [0.2, 0.25) is 0 Å². The molecule has 0 fully saturated rings. The van der Waals surface area contributed by atoms with E-state index in [1.807, 2.05) is 27.7 Å². The van der Waals surface area contributed by atoms with Crippen LogP contribution >= 0.6 is 11.6 Å². The van der Waals surface area contributed by atoms with Crippen LogP contribution in [-0.2, 0) is 9.53 Å². The number of nitrogens with one attached hydrogen (secondary N) is 1. The van der Waals surface area contributed by atoms with Gasteiger partial charge in [-0.1, -0.05) is 25.4 Å². The molecule has 1 aromatic heterocycles. The van der Waals surface area contributed by atoms with Crippen molar-refractivity contribution in [1.82, 2.24) is 15.1 Å². The topological polar surface area (TPSA) is 73.2 Å². The fourth-order valence-corrected chi connectivity index (χ4v) is 2.46. The van der Waals surface area contributed by atoms with Crippen LogP contribution in [0.1, 0.15) is 42.5 Å². The number of carbonyl (C=O) groups excluding carboxylic acids is 2. The van der Waals surface area contributed by atoms with Gasteiger partial charge in [-0.25, -0.2) is 9.48 Å². The molecule has 1 heterocycles. The Kier molecular flexibility index (Phi) is 6.42. The first-order valence-corrected chi connectivity index (χ1v) is 8.89. The molecule has 0 spiro atoms. The van der Waals surface area contributed by atoms with Crippen molar-refractivity contribution in [2.24, 2.45) is 5.92 Å². The van der Waals surface area contributed by atoms with Gasteiger partial charge in [0.15, 0.2) is 6.10 Å². The van der Waals surface area contributed by atoms with Gasteiger partial charge in [0.05, 0.1) is 27.7 Å². The second-order valence-electron chi connectivity index (χ2n) is 6.63. The van der Waals surface area contributed by atoms with Crippen LogP contribution in [0.4, 0.5) is 0 Å². The van der Waals surface area contributed by atoms with Gasteiger partial charge in [0.25, 0.3) is 5.91 Å². The monoisotopic (exact) mass is 377 g/mol. The predicted molar refractivity (Wildman–Crippen MR) is 101 cm³/mol. The molecule has 1 aromatic carbocycles. The Morgan fingerprint density at radius 3 is 2.31 bits per heavy atom. The van der Waals surface area contributed by atoms with Crippen LogP contribution in [-0.4, -0.2) is 34.3 Å². The zero-order valence-corrected chi connectivity index (χ0v) is 16.4. The molecule has 2 aromatic rings. The normalized spacial score (nSPS) is 12.1. The largest absolute Gasteiger partial charge is 0.449 e. The minimum Gasteiger partial charge on any atom is -0.449 e. The van der Waals surface area contributed by atoms with Crippen LogP contribution in [0.25, 0.3) is 5.69 Å². The van der Waals surface area contributed by atoms with Crippen LogP contribution in [0.2, 0.25) is 5.02 Å². The van der Waals surface area contributed by atoms with E-state index in [2.05, 4.69) is 10.4 Å². The van der Waals surface area contributed by atoms with Crippen LogP contribution in [0.3, 0.4) is 0 Å². The van der Waals surface area contributed by atoms with Gasteiger partial charge < -0.3 is 10.1 Å². The maximum absolute atomic E-state index is 12.2. The fourth-order valence-electron chi connectivity index (χ4n) is 2.34. The SMILES string of the molecule is Cc1nn(-c2ccc(C(=O)OC(C)C(=O)NCC(C)C)cc2)c(C)c1Cl. The van der Waals surface area contributed by atoms with Gasteiger partial charge in [-0.05, 0) is 51.0 Å². The van der Waals surface area contributed by atoms with Gasteiger partial charge in [0.1, 0.15) is 0 Å². The van der Waals surface area contributed by atoms with Gasteiger partial charge in [-0.3, -0.25) is 4.79 Å². The lowest BCUT2D eigenvalue weighted by Crippen LogP contribution is -2.37. The molecule has 0 saturated heterocycles. The number of nitrogens with zero attached hydrogens (tertiary/aromatic N) is 2. The van der Waals surface area contributed by atoms with E-state index in [1.54, 1.807) is 35.9 Å². The molecule has 0 radical (unpaired) electrons. The van der Waals surface area contributed by atoms with Crippen molar-refractivity contribution < 1.29 is 14.3 Å². The molecule has 0 aliphatic carbocycles. The van der Waals surface area contributed by atoms with E-state index in [4.69, 9.17) is 16.3 Å². The van der Waals surface area contributed by atoms with E-state index in [0.29, 0.717) is 23.0 Å². The second-order valence-corrected chi connectivity index (χ2v) is 7.01. The van der Waals surface area contributed by atoms with Crippen molar-refractivity contribution in [3.63, 3.8) is 0 Å². The Balaban J connectivity index is 2.04. The van der Waals surface area contributed by atoms with Gasteiger partial charge >= 0.3 is 5.97 Å². The van der Waals surface area contributed by atoms with E-state index in [1.165, 1.54) is 0 Å². The number of benzene rings is 1. The number of esters is 1. The van der Waals surface area contributed by atoms with Crippen LogP contribution in [0, 0.1) is 19.8 Å². The third-order valence-corrected chi connectivity index (χ3v) is 4.44. The summed E-state index contributed by atoms with van der Waals surface area (Å²) in [5, 5.41) is 7.74. The van der Waals surface area contributed by atoms with Crippen LogP contribution in [0.15, 0.2) is 24.3 Å². The Bertz CT molecular complexity index is 797. The van der Waals surface area contributed by atoms with Crippen LogP contribution < -0.4 is 5.32 Å².